The number of carbonyl (C=O) groups excluding carboxylic acids is 1. The van der Waals surface area contributed by atoms with E-state index in [9.17, 15) is 4.79 Å². The molecule has 1 atom stereocenters. The minimum atomic E-state index is 0.111. The Hall–Kier alpha value is -1.40. The average Bonchev–Trinajstić information content (AvgIpc) is 2.89. The predicted octanol–water partition coefficient (Wildman–Crippen LogP) is 0.478. The number of rotatable bonds is 5. The first-order chi connectivity index (χ1) is 10.1. The maximum atomic E-state index is 12.6. The third-order valence-corrected chi connectivity index (χ3v) is 4.33. The van der Waals surface area contributed by atoms with Gasteiger partial charge < -0.3 is 10.6 Å². The Kier molecular flexibility index (Phi) is 5.36. The first-order valence-electron chi connectivity index (χ1n) is 7.86. The highest BCUT2D eigenvalue weighted by atomic mass is 16.2. The van der Waals surface area contributed by atoms with Crippen LogP contribution in [0.25, 0.3) is 0 Å². The molecule has 0 spiro atoms. The molecule has 118 valence electrons. The smallest absolute Gasteiger partial charge is 0.257 e. The number of nitrogens with zero attached hydrogens (tertiary/aromatic N) is 4. The molecule has 0 aromatic carbocycles. The van der Waals surface area contributed by atoms with E-state index in [2.05, 4.69) is 16.9 Å². The first kappa shape index (κ1) is 16.0. The van der Waals surface area contributed by atoms with Crippen molar-refractivity contribution < 1.29 is 4.79 Å². The molecular formula is C15H27N5O. The molecule has 1 aliphatic rings. The second-order valence-corrected chi connectivity index (χ2v) is 5.64. The van der Waals surface area contributed by atoms with Gasteiger partial charge in [-0.15, -0.1) is 0 Å². The molecule has 2 rings (SSSR count). The Morgan fingerprint density at radius 3 is 2.52 bits per heavy atom. The van der Waals surface area contributed by atoms with Crippen molar-refractivity contribution in [3.63, 3.8) is 0 Å². The lowest BCUT2D eigenvalue weighted by atomic mass is 10.1. The highest BCUT2D eigenvalue weighted by Crippen LogP contribution is 2.14. The van der Waals surface area contributed by atoms with E-state index in [4.69, 9.17) is 5.73 Å². The lowest BCUT2D eigenvalue weighted by molar-refractivity contribution is 0.0570. The molecule has 1 amide bonds. The quantitative estimate of drug-likeness (QED) is 0.857. The van der Waals surface area contributed by atoms with E-state index in [1.165, 1.54) is 0 Å². The Morgan fingerprint density at radius 1 is 1.33 bits per heavy atom. The molecule has 1 fully saturated rings. The van der Waals surface area contributed by atoms with Gasteiger partial charge in [0.05, 0.1) is 11.3 Å². The largest absolute Gasteiger partial charge is 0.336 e. The molecular weight excluding hydrogens is 266 g/mol. The minimum Gasteiger partial charge on any atom is -0.336 e. The van der Waals surface area contributed by atoms with Crippen LogP contribution in [-0.4, -0.2) is 64.3 Å². The molecule has 2 N–H and O–H groups in total. The maximum absolute atomic E-state index is 12.6. The maximum Gasteiger partial charge on any atom is 0.257 e. The summed E-state index contributed by atoms with van der Waals surface area (Å²) in [6.45, 7) is 8.24. The summed E-state index contributed by atoms with van der Waals surface area (Å²) in [6, 6.07) is 0.437. The molecule has 0 saturated carbocycles. The molecule has 1 aromatic heterocycles. The van der Waals surface area contributed by atoms with E-state index in [1.54, 1.807) is 4.68 Å². The number of hydrogen-bond acceptors (Lipinski definition) is 4. The van der Waals surface area contributed by atoms with E-state index >= 15 is 0 Å². The molecule has 1 aromatic rings. The number of nitrogens with two attached hydrogens (primary N) is 1. The molecule has 21 heavy (non-hydrogen) atoms. The van der Waals surface area contributed by atoms with Crippen molar-refractivity contribution in [1.29, 1.82) is 0 Å². The summed E-state index contributed by atoms with van der Waals surface area (Å²) in [6.07, 6.45) is 3.68. The van der Waals surface area contributed by atoms with Gasteiger partial charge in [-0.25, -0.2) is 0 Å². The number of hydrogen-bond donors (Lipinski definition) is 1. The fourth-order valence-corrected chi connectivity index (χ4v) is 3.01. The lowest BCUT2D eigenvalue weighted by Crippen LogP contribution is -2.53. The van der Waals surface area contributed by atoms with Gasteiger partial charge in [0.1, 0.15) is 0 Å². The van der Waals surface area contributed by atoms with Crippen LogP contribution < -0.4 is 5.73 Å². The van der Waals surface area contributed by atoms with Gasteiger partial charge in [-0.1, -0.05) is 13.8 Å². The van der Waals surface area contributed by atoms with Gasteiger partial charge in [-0.3, -0.25) is 14.4 Å². The molecule has 0 bridgehead atoms. The SMILES string of the molecule is CCc1nn(C)cc1C(=O)N1CCN(C(CC)CN)CC1. The van der Waals surface area contributed by atoms with Crippen molar-refractivity contribution in [2.24, 2.45) is 12.8 Å². The van der Waals surface area contributed by atoms with Crippen molar-refractivity contribution in [2.75, 3.05) is 32.7 Å². The van der Waals surface area contributed by atoms with E-state index in [0.717, 1.165) is 50.3 Å². The molecule has 6 heteroatoms. The lowest BCUT2D eigenvalue weighted by Gasteiger charge is -2.38. The van der Waals surface area contributed by atoms with Crippen LogP contribution in [0.2, 0.25) is 0 Å². The summed E-state index contributed by atoms with van der Waals surface area (Å²) in [4.78, 5) is 17.0. The second kappa shape index (κ2) is 7.04. The Bertz CT molecular complexity index is 472. The minimum absolute atomic E-state index is 0.111. The topological polar surface area (TPSA) is 67.4 Å². The highest BCUT2D eigenvalue weighted by Gasteiger charge is 2.27. The fourth-order valence-electron chi connectivity index (χ4n) is 3.01. The summed E-state index contributed by atoms with van der Waals surface area (Å²) >= 11 is 0. The molecule has 0 radical (unpaired) electrons. The van der Waals surface area contributed by atoms with Gasteiger partial charge in [-0.2, -0.15) is 5.10 Å². The number of aromatic nitrogens is 2. The molecule has 6 nitrogen and oxygen atoms in total. The zero-order chi connectivity index (χ0) is 15.4. The Morgan fingerprint density at radius 2 is 2.00 bits per heavy atom. The standard InChI is InChI=1S/C15H27N5O/c1-4-12(10-16)19-6-8-20(9-7-19)15(21)13-11-18(3)17-14(13)5-2/h11-12H,4-10,16H2,1-3H3. The van der Waals surface area contributed by atoms with Gasteiger partial charge in [0, 0.05) is 52.0 Å². The third-order valence-electron chi connectivity index (χ3n) is 4.33. The van der Waals surface area contributed by atoms with Crippen LogP contribution in [0.3, 0.4) is 0 Å². The van der Waals surface area contributed by atoms with E-state index in [-0.39, 0.29) is 5.91 Å². The van der Waals surface area contributed by atoms with Crippen molar-refractivity contribution in [3.8, 4) is 0 Å². The van der Waals surface area contributed by atoms with Crippen LogP contribution in [0.5, 0.6) is 0 Å². The summed E-state index contributed by atoms with van der Waals surface area (Å²) in [7, 11) is 1.86. The summed E-state index contributed by atoms with van der Waals surface area (Å²) < 4.78 is 1.73. The molecule has 2 heterocycles. The van der Waals surface area contributed by atoms with E-state index in [0.29, 0.717) is 12.6 Å². The number of carbonyl (C=O) groups is 1. The van der Waals surface area contributed by atoms with Crippen LogP contribution in [0.1, 0.15) is 36.3 Å². The van der Waals surface area contributed by atoms with Crippen molar-refractivity contribution in [3.05, 3.63) is 17.5 Å². The average molecular weight is 293 g/mol. The number of piperazine rings is 1. The van der Waals surface area contributed by atoms with Gasteiger partial charge in [0.25, 0.3) is 5.91 Å². The first-order valence-corrected chi connectivity index (χ1v) is 7.86. The van der Waals surface area contributed by atoms with Gasteiger partial charge in [0.15, 0.2) is 0 Å². The second-order valence-electron chi connectivity index (χ2n) is 5.64. The molecule has 1 aliphatic heterocycles. The van der Waals surface area contributed by atoms with Crippen LogP contribution in [0.4, 0.5) is 0 Å². The molecule has 0 aliphatic carbocycles. The van der Waals surface area contributed by atoms with Crippen molar-refractivity contribution >= 4 is 5.91 Å². The molecule has 1 saturated heterocycles. The number of aryl methyl sites for hydroxylation is 2. The van der Waals surface area contributed by atoms with Crippen molar-refractivity contribution in [2.45, 2.75) is 32.7 Å². The van der Waals surface area contributed by atoms with Crippen LogP contribution >= 0.6 is 0 Å². The Balaban J connectivity index is 2.00. The summed E-state index contributed by atoms with van der Waals surface area (Å²) in [5, 5.41) is 4.36. The highest BCUT2D eigenvalue weighted by molar-refractivity contribution is 5.95. The van der Waals surface area contributed by atoms with Crippen molar-refractivity contribution in [1.82, 2.24) is 19.6 Å². The summed E-state index contributed by atoms with van der Waals surface area (Å²) in [5.74, 6) is 0.111. The monoisotopic (exact) mass is 293 g/mol. The third kappa shape index (κ3) is 3.44. The van der Waals surface area contributed by atoms with Crippen LogP contribution in [0, 0.1) is 0 Å². The fraction of sp³-hybridized carbons (Fsp3) is 0.733. The van der Waals surface area contributed by atoms with Gasteiger partial charge in [-0.05, 0) is 12.8 Å². The molecule has 1 unspecified atom stereocenters. The van der Waals surface area contributed by atoms with Crippen LogP contribution in [-0.2, 0) is 13.5 Å². The van der Waals surface area contributed by atoms with E-state index < -0.39 is 0 Å². The summed E-state index contributed by atoms with van der Waals surface area (Å²) in [5.41, 5.74) is 7.44. The normalized spacial score (nSPS) is 18.0. The van der Waals surface area contributed by atoms with Gasteiger partial charge >= 0.3 is 0 Å². The van der Waals surface area contributed by atoms with Crippen LogP contribution in [0.15, 0.2) is 6.20 Å². The zero-order valence-electron chi connectivity index (χ0n) is 13.4. The number of amides is 1. The predicted molar refractivity (Wildman–Crippen MR) is 83.2 cm³/mol. The Labute approximate surface area is 126 Å². The zero-order valence-corrected chi connectivity index (χ0v) is 13.4. The van der Waals surface area contributed by atoms with Gasteiger partial charge in [0.2, 0.25) is 0 Å². The van der Waals surface area contributed by atoms with E-state index in [1.807, 2.05) is 25.1 Å².